The Morgan fingerprint density at radius 1 is 0.923 bits per heavy atom. The van der Waals surface area contributed by atoms with Gasteiger partial charge in [0.2, 0.25) is 0 Å². The maximum absolute atomic E-state index is 12.2. The van der Waals surface area contributed by atoms with Crippen molar-refractivity contribution in [3.05, 3.63) is 12.4 Å². The highest BCUT2D eigenvalue weighted by atomic mass is 35.5. The zero-order chi connectivity index (χ0) is 9.94. The first-order chi connectivity index (χ1) is 6.27. The standard InChI is InChI=1S/C11H20ClF/c1-11(13)9-7-5-3-2-4-6-8-10-12/h1-10H2. The van der Waals surface area contributed by atoms with Crippen molar-refractivity contribution in [3.63, 3.8) is 0 Å². The molecule has 0 aliphatic rings. The Labute approximate surface area is 86.2 Å². The molecule has 78 valence electrons. The molecule has 0 nitrogen and oxygen atoms in total. The van der Waals surface area contributed by atoms with Crippen molar-refractivity contribution in [2.75, 3.05) is 5.88 Å². The third-order valence-corrected chi connectivity index (χ3v) is 2.35. The molecule has 0 atom stereocenters. The van der Waals surface area contributed by atoms with E-state index in [2.05, 4.69) is 6.58 Å². The van der Waals surface area contributed by atoms with E-state index in [1.54, 1.807) is 0 Å². The maximum Gasteiger partial charge on any atom is 0.0928 e. The zero-order valence-corrected chi connectivity index (χ0v) is 9.08. The van der Waals surface area contributed by atoms with Crippen LogP contribution in [0.15, 0.2) is 12.4 Å². The van der Waals surface area contributed by atoms with Crippen molar-refractivity contribution < 1.29 is 4.39 Å². The van der Waals surface area contributed by atoms with E-state index in [1.807, 2.05) is 0 Å². The van der Waals surface area contributed by atoms with Gasteiger partial charge in [0.05, 0.1) is 5.83 Å². The minimum absolute atomic E-state index is 0.179. The summed E-state index contributed by atoms with van der Waals surface area (Å²) in [6, 6.07) is 0. The summed E-state index contributed by atoms with van der Waals surface area (Å²) in [7, 11) is 0. The lowest BCUT2D eigenvalue weighted by Gasteiger charge is -1.99. The normalized spacial score (nSPS) is 10.3. The average Bonchev–Trinajstić information content (AvgIpc) is 2.09. The van der Waals surface area contributed by atoms with Gasteiger partial charge in [0, 0.05) is 5.88 Å². The molecule has 0 aromatic heterocycles. The summed E-state index contributed by atoms with van der Waals surface area (Å²) < 4.78 is 12.2. The topological polar surface area (TPSA) is 0 Å². The predicted octanol–water partition coefficient (Wildman–Crippen LogP) is 4.83. The van der Waals surface area contributed by atoms with E-state index in [4.69, 9.17) is 11.6 Å². The summed E-state index contributed by atoms with van der Waals surface area (Å²) in [5.74, 6) is 0.601. The van der Waals surface area contributed by atoms with Gasteiger partial charge in [-0.05, 0) is 19.3 Å². The molecule has 0 bridgehead atoms. The van der Waals surface area contributed by atoms with E-state index >= 15 is 0 Å². The van der Waals surface area contributed by atoms with Gasteiger partial charge in [-0.15, -0.1) is 11.6 Å². The molecule has 0 rings (SSSR count). The van der Waals surface area contributed by atoms with Crippen LogP contribution in [-0.4, -0.2) is 5.88 Å². The molecule has 0 unspecified atom stereocenters. The van der Waals surface area contributed by atoms with Gasteiger partial charge in [0.15, 0.2) is 0 Å². The highest BCUT2D eigenvalue weighted by Crippen LogP contribution is 2.11. The predicted molar refractivity (Wildman–Crippen MR) is 57.9 cm³/mol. The Kier molecular flexibility index (Phi) is 10.0. The monoisotopic (exact) mass is 206 g/mol. The Morgan fingerprint density at radius 2 is 1.38 bits per heavy atom. The number of rotatable bonds is 9. The third kappa shape index (κ3) is 12.0. The van der Waals surface area contributed by atoms with E-state index in [-0.39, 0.29) is 5.83 Å². The molecule has 0 N–H and O–H groups in total. The van der Waals surface area contributed by atoms with Crippen LogP contribution in [0.2, 0.25) is 0 Å². The van der Waals surface area contributed by atoms with Gasteiger partial charge in [-0.3, -0.25) is 0 Å². The van der Waals surface area contributed by atoms with Crippen LogP contribution in [0.5, 0.6) is 0 Å². The van der Waals surface area contributed by atoms with Crippen LogP contribution in [-0.2, 0) is 0 Å². The van der Waals surface area contributed by atoms with Gasteiger partial charge < -0.3 is 0 Å². The molecule has 0 radical (unpaired) electrons. The Hall–Kier alpha value is -0.0400. The highest BCUT2D eigenvalue weighted by molar-refractivity contribution is 6.17. The van der Waals surface area contributed by atoms with E-state index in [0.29, 0.717) is 6.42 Å². The molecule has 0 aliphatic carbocycles. The first kappa shape index (κ1) is 13.0. The Bertz CT molecular complexity index is 123. The molecule has 0 saturated carbocycles. The molecule has 0 aliphatic heterocycles. The van der Waals surface area contributed by atoms with Crippen molar-refractivity contribution in [3.8, 4) is 0 Å². The van der Waals surface area contributed by atoms with Crippen LogP contribution < -0.4 is 0 Å². The highest BCUT2D eigenvalue weighted by Gasteiger charge is 1.93. The second-order valence-corrected chi connectivity index (χ2v) is 3.81. The van der Waals surface area contributed by atoms with E-state index < -0.39 is 0 Å². The Balaban J connectivity index is 2.87. The van der Waals surface area contributed by atoms with Gasteiger partial charge in [0.1, 0.15) is 0 Å². The molecular weight excluding hydrogens is 187 g/mol. The van der Waals surface area contributed by atoms with Gasteiger partial charge in [-0.2, -0.15) is 0 Å². The largest absolute Gasteiger partial charge is 0.212 e. The maximum atomic E-state index is 12.2. The quantitative estimate of drug-likeness (QED) is 0.375. The summed E-state index contributed by atoms with van der Waals surface area (Å²) in [5.41, 5.74) is 0. The summed E-state index contributed by atoms with van der Waals surface area (Å²) in [4.78, 5) is 0. The van der Waals surface area contributed by atoms with E-state index in [1.165, 1.54) is 25.7 Å². The van der Waals surface area contributed by atoms with Gasteiger partial charge >= 0.3 is 0 Å². The first-order valence-corrected chi connectivity index (χ1v) is 5.70. The van der Waals surface area contributed by atoms with E-state index in [0.717, 1.165) is 25.1 Å². The summed E-state index contributed by atoms with van der Waals surface area (Å²) in [6.07, 6.45) is 8.73. The molecule has 0 aromatic carbocycles. The van der Waals surface area contributed by atoms with Gasteiger partial charge in [-0.1, -0.05) is 38.7 Å². The summed E-state index contributed by atoms with van der Waals surface area (Å²) in [6.45, 7) is 3.23. The molecule has 0 fully saturated rings. The fraction of sp³-hybridized carbons (Fsp3) is 0.818. The number of allylic oxidation sites excluding steroid dienone is 1. The van der Waals surface area contributed by atoms with Crippen molar-refractivity contribution in [2.45, 2.75) is 51.4 Å². The summed E-state index contributed by atoms with van der Waals surface area (Å²) in [5, 5.41) is 0. The molecule has 0 saturated heterocycles. The number of alkyl halides is 1. The molecule has 0 amide bonds. The minimum atomic E-state index is -0.179. The van der Waals surface area contributed by atoms with Gasteiger partial charge in [0.25, 0.3) is 0 Å². The van der Waals surface area contributed by atoms with Crippen LogP contribution in [0.4, 0.5) is 4.39 Å². The lowest BCUT2D eigenvalue weighted by Crippen LogP contribution is -1.81. The van der Waals surface area contributed by atoms with Gasteiger partial charge in [-0.25, -0.2) is 4.39 Å². The number of hydrogen-bond acceptors (Lipinski definition) is 0. The lowest BCUT2D eigenvalue weighted by molar-refractivity contribution is 0.540. The third-order valence-electron chi connectivity index (χ3n) is 2.08. The number of hydrogen-bond donors (Lipinski definition) is 0. The number of halogens is 2. The number of unbranched alkanes of at least 4 members (excludes halogenated alkanes) is 6. The fourth-order valence-electron chi connectivity index (χ4n) is 1.30. The first-order valence-electron chi connectivity index (χ1n) is 5.16. The molecular formula is C11H20ClF. The van der Waals surface area contributed by atoms with E-state index in [9.17, 15) is 4.39 Å². The smallest absolute Gasteiger partial charge is 0.0928 e. The van der Waals surface area contributed by atoms with Crippen molar-refractivity contribution in [1.29, 1.82) is 0 Å². The average molecular weight is 207 g/mol. The SMILES string of the molecule is C=C(F)CCCCCCCCCCl. The molecule has 2 heteroatoms. The Morgan fingerprint density at radius 3 is 1.85 bits per heavy atom. The van der Waals surface area contributed by atoms with Crippen molar-refractivity contribution in [2.24, 2.45) is 0 Å². The summed E-state index contributed by atoms with van der Waals surface area (Å²) >= 11 is 5.55. The zero-order valence-electron chi connectivity index (χ0n) is 8.33. The minimum Gasteiger partial charge on any atom is -0.212 e. The molecule has 13 heavy (non-hydrogen) atoms. The van der Waals surface area contributed by atoms with Crippen molar-refractivity contribution >= 4 is 11.6 Å². The van der Waals surface area contributed by atoms with Crippen LogP contribution in [0.3, 0.4) is 0 Å². The van der Waals surface area contributed by atoms with Crippen molar-refractivity contribution in [1.82, 2.24) is 0 Å². The fourth-order valence-corrected chi connectivity index (χ4v) is 1.48. The molecule has 0 spiro atoms. The molecule has 0 heterocycles. The molecule has 0 aromatic rings. The second kappa shape index (κ2) is 10.0. The van der Waals surface area contributed by atoms with Crippen LogP contribution in [0.1, 0.15) is 51.4 Å². The van der Waals surface area contributed by atoms with Crippen LogP contribution in [0, 0.1) is 0 Å². The second-order valence-electron chi connectivity index (χ2n) is 3.43. The van der Waals surface area contributed by atoms with Crippen LogP contribution >= 0.6 is 11.6 Å². The van der Waals surface area contributed by atoms with Crippen LogP contribution in [0.25, 0.3) is 0 Å². The lowest BCUT2D eigenvalue weighted by atomic mass is 10.1.